The Labute approximate surface area is 666 Å². The van der Waals surface area contributed by atoms with Crippen molar-refractivity contribution in [3.05, 3.63) is 336 Å². The first-order valence-electron chi connectivity index (χ1n) is 42.6. The van der Waals surface area contributed by atoms with E-state index in [1.807, 2.05) is 0 Å². The van der Waals surface area contributed by atoms with Crippen LogP contribution in [0.5, 0.6) is 0 Å². The number of fused-ring (bicyclic) bond motifs is 18. The monoisotopic (exact) mass is 1470 g/mol. The normalized spacial score (nSPS) is 24.4. The molecule has 0 atom stereocenters. The van der Waals surface area contributed by atoms with E-state index in [0.29, 0.717) is 23.7 Å². The molecular formula is C110H88N2O2. The van der Waals surface area contributed by atoms with Gasteiger partial charge in [-0.15, -0.1) is 0 Å². The highest BCUT2D eigenvalue weighted by Crippen LogP contribution is 2.74. The van der Waals surface area contributed by atoms with Crippen LogP contribution in [0.3, 0.4) is 0 Å². The van der Waals surface area contributed by atoms with Crippen LogP contribution in [-0.4, -0.2) is 0 Å². The number of rotatable bonds is 9. The van der Waals surface area contributed by atoms with E-state index in [-0.39, 0.29) is 21.7 Å². The molecule has 0 amide bonds. The van der Waals surface area contributed by atoms with E-state index in [4.69, 9.17) is 8.83 Å². The van der Waals surface area contributed by atoms with Crippen molar-refractivity contribution in [1.29, 1.82) is 0 Å². The molecule has 0 N–H and O–H groups in total. The van der Waals surface area contributed by atoms with Crippen LogP contribution >= 0.6 is 0 Å². The summed E-state index contributed by atoms with van der Waals surface area (Å²) in [4.78, 5) is 5.31. The Balaban J connectivity index is 0.554. The lowest BCUT2D eigenvalue weighted by atomic mass is 9.43. The van der Waals surface area contributed by atoms with Gasteiger partial charge in [-0.25, -0.2) is 0 Å². The molecule has 4 heteroatoms. The molecule has 4 nitrogen and oxygen atoms in total. The van der Waals surface area contributed by atoms with Crippen molar-refractivity contribution in [2.24, 2.45) is 47.3 Å². The van der Waals surface area contributed by atoms with Gasteiger partial charge in [-0.3, -0.25) is 0 Å². The predicted molar refractivity (Wildman–Crippen MR) is 468 cm³/mol. The van der Waals surface area contributed by atoms with E-state index in [1.165, 1.54) is 176 Å². The van der Waals surface area contributed by atoms with Gasteiger partial charge in [-0.05, 0) is 325 Å². The standard InChI is InChI=1S/C110H88N2O2/c1-107(2)93-24-9-5-16-81(93)84-44-41-78(61-97(84)107)111(99-27-14-21-88-82-17-6-10-25-95(82)109(104(88)99)72-50-63-48-64(52-72)53-73(109)51-63)76-37-30-67(31-38-76)71-34-43-87-92-59-70(36-47-102(92)113-103(87)60-71)69-35-46-94-91(58-69)85-45-42-79(62-98(85)108(94,3)4)112(77-39-32-68(33-40-77)80-20-13-23-90-86-19-8-12-29-101(86)114-106(80)90)100-28-15-22-89-83-18-7-11-26-96(83)110(105(89)100)74-54-65-49-66(56-74)57-75(110)55-65/h5-47,58-66,72-75H,48-57H2,1-4H3. The number of furan rings is 2. The summed E-state index contributed by atoms with van der Waals surface area (Å²) in [5.74, 6) is 5.94. The second-order valence-electron chi connectivity index (χ2n) is 37.4. The molecule has 28 rings (SSSR count). The molecule has 114 heavy (non-hydrogen) atoms. The molecule has 0 radical (unpaired) electrons. The van der Waals surface area contributed by atoms with E-state index in [9.17, 15) is 0 Å². The van der Waals surface area contributed by atoms with Crippen LogP contribution in [-0.2, 0) is 21.7 Å². The van der Waals surface area contributed by atoms with Crippen molar-refractivity contribution in [1.82, 2.24) is 0 Å². The van der Waals surface area contributed by atoms with Crippen LogP contribution in [0.1, 0.15) is 136 Å². The molecule has 8 saturated carbocycles. The maximum absolute atomic E-state index is 6.90. The number of benzene rings is 14. The van der Waals surface area contributed by atoms with Gasteiger partial charge >= 0.3 is 0 Å². The molecule has 2 spiro atoms. The summed E-state index contributed by atoms with van der Waals surface area (Å²) in [5, 5.41) is 4.56. The molecule has 550 valence electrons. The average molecular weight is 1470 g/mol. The predicted octanol–water partition coefficient (Wildman–Crippen LogP) is 29.5. The van der Waals surface area contributed by atoms with Gasteiger partial charge in [0.15, 0.2) is 0 Å². The highest BCUT2D eigenvalue weighted by Gasteiger charge is 2.64. The molecule has 12 aliphatic rings. The number of hydrogen-bond acceptors (Lipinski definition) is 4. The Morgan fingerprint density at radius 3 is 1.24 bits per heavy atom. The van der Waals surface area contributed by atoms with Gasteiger partial charge in [0.1, 0.15) is 22.3 Å². The van der Waals surface area contributed by atoms with Crippen molar-refractivity contribution < 1.29 is 8.83 Å². The van der Waals surface area contributed by atoms with Crippen LogP contribution < -0.4 is 9.80 Å². The quantitative estimate of drug-likeness (QED) is 0.144. The number of hydrogen-bond donors (Lipinski definition) is 0. The van der Waals surface area contributed by atoms with E-state index < -0.39 is 0 Å². The molecular weight excluding hydrogens is 1380 g/mol. The lowest BCUT2D eigenvalue weighted by Crippen LogP contribution is -2.55. The van der Waals surface area contributed by atoms with Crippen LogP contribution in [0.25, 0.3) is 122 Å². The Morgan fingerprint density at radius 2 is 0.649 bits per heavy atom. The third-order valence-electron chi connectivity index (χ3n) is 31.4. The van der Waals surface area contributed by atoms with Gasteiger partial charge in [-0.2, -0.15) is 0 Å². The minimum Gasteiger partial charge on any atom is -0.456 e. The van der Waals surface area contributed by atoms with Crippen LogP contribution in [0.2, 0.25) is 0 Å². The fourth-order valence-electron chi connectivity index (χ4n) is 27.2. The summed E-state index contributed by atoms with van der Waals surface area (Å²) in [6.07, 6.45) is 13.5. The third-order valence-corrected chi connectivity index (χ3v) is 31.4. The largest absolute Gasteiger partial charge is 0.456 e. The average Bonchev–Trinajstić information content (AvgIpc) is 1.47. The molecule has 0 saturated heterocycles. The van der Waals surface area contributed by atoms with E-state index in [2.05, 4.69) is 329 Å². The molecule has 2 heterocycles. The second kappa shape index (κ2) is 23.0. The molecule has 2 aromatic heterocycles. The minimum absolute atomic E-state index is 0.00752. The Hall–Kier alpha value is -11.7. The number of anilines is 6. The lowest BCUT2D eigenvalue weighted by Gasteiger charge is -2.61. The maximum Gasteiger partial charge on any atom is 0.143 e. The summed E-state index contributed by atoms with van der Waals surface area (Å²) in [5.41, 5.74) is 40.5. The highest BCUT2D eigenvalue weighted by molar-refractivity contribution is 6.10. The van der Waals surface area contributed by atoms with Crippen molar-refractivity contribution in [3.8, 4) is 77.9 Å². The molecule has 0 unspecified atom stereocenters. The van der Waals surface area contributed by atoms with E-state index in [1.54, 1.807) is 22.3 Å². The zero-order chi connectivity index (χ0) is 75.0. The van der Waals surface area contributed by atoms with E-state index in [0.717, 1.165) is 89.9 Å². The topological polar surface area (TPSA) is 32.8 Å². The first-order valence-corrected chi connectivity index (χ1v) is 42.6. The summed E-state index contributed by atoms with van der Waals surface area (Å²) in [7, 11) is 0. The first-order chi connectivity index (χ1) is 55.9. The minimum atomic E-state index is -0.265. The molecule has 14 aromatic carbocycles. The Kier molecular flexibility index (Phi) is 13.1. The fraction of sp³-hybridized carbons (Fsp3) is 0.236. The van der Waals surface area contributed by atoms with Crippen molar-refractivity contribution in [2.45, 2.75) is 114 Å². The molecule has 8 fully saturated rings. The van der Waals surface area contributed by atoms with Gasteiger partial charge in [0.25, 0.3) is 0 Å². The lowest BCUT2D eigenvalue weighted by molar-refractivity contribution is -0.0397. The zero-order valence-electron chi connectivity index (χ0n) is 65.1. The van der Waals surface area contributed by atoms with Crippen LogP contribution in [0, 0.1) is 47.3 Å². The summed E-state index contributed by atoms with van der Waals surface area (Å²) >= 11 is 0. The second-order valence-corrected chi connectivity index (χ2v) is 37.4. The third kappa shape index (κ3) is 8.59. The SMILES string of the molecule is CC1(C)c2ccccc2-c2ccc(N(c3ccc(-c4ccc5c(c4)oc4ccc(-c6ccc7c(c6)-c6ccc(N(c8ccc(-c9cccc%10c9oc9ccccc9%10)cc8)c8cccc9c8C8(c%10ccccc%10-9)C9CC%10CC(C9)CC8C%10)cc6C7(C)C)cc45)cc3)c3cccc4c3C3(c5ccccc5-4)C4CC5CC(C4)CC3C5)cc21. The molecule has 0 aliphatic heterocycles. The first kappa shape index (κ1) is 64.8. The van der Waals surface area contributed by atoms with Gasteiger partial charge < -0.3 is 18.6 Å². The van der Waals surface area contributed by atoms with Crippen molar-refractivity contribution in [3.63, 3.8) is 0 Å². The van der Waals surface area contributed by atoms with Crippen LogP contribution in [0.15, 0.2) is 300 Å². The number of para-hydroxylation sites is 2. The van der Waals surface area contributed by atoms with Gasteiger partial charge in [0.2, 0.25) is 0 Å². The van der Waals surface area contributed by atoms with Gasteiger partial charge in [-0.1, -0.05) is 222 Å². The van der Waals surface area contributed by atoms with E-state index >= 15 is 0 Å². The highest BCUT2D eigenvalue weighted by atomic mass is 16.3. The summed E-state index contributed by atoms with van der Waals surface area (Å²) in [6, 6.07) is 113. The van der Waals surface area contributed by atoms with Crippen molar-refractivity contribution in [2.75, 3.05) is 9.80 Å². The fourth-order valence-corrected chi connectivity index (χ4v) is 27.2. The Morgan fingerprint density at radius 1 is 0.246 bits per heavy atom. The van der Waals surface area contributed by atoms with Gasteiger partial charge in [0, 0.05) is 71.5 Å². The molecule has 12 aliphatic carbocycles. The maximum atomic E-state index is 6.90. The van der Waals surface area contributed by atoms with Crippen molar-refractivity contribution >= 4 is 78.0 Å². The molecule has 16 aromatic rings. The number of nitrogens with zero attached hydrogens (tertiary/aromatic N) is 2. The summed E-state index contributed by atoms with van der Waals surface area (Å²) in [6.45, 7) is 9.73. The summed E-state index contributed by atoms with van der Waals surface area (Å²) < 4.78 is 13.6. The Bertz CT molecular complexity index is 6800. The molecule has 8 bridgehead atoms. The smallest absolute Gasteiger partial charge is 0.143 e. The van der Waals surface area contributed by atoms with Crippen LogP contribution in [0.4, 0.5) is 34.1 Å². The zero-order valence-corrected chi connectivity index (χ0v) is 65.1. The van der Waals surface area contributed by atoms with Gasteiger partial charge in [0.05, 0.1) is 11.4 Å².